The lowest BCUT2D eigenvalue weighted by molar-refractivity contribution is -0.118. The Morgan fingerprint density at radius 1 is 1.00 bits per heavy atom. The lowest BCUT2D eigenvalue weighted by Gasteiger charge is -2.02. The maximum Gasteiger partial charge on any atom is 0.148 e. The Labute approximate surface area is 58.5 Å². The summed E-state index contributed by atoms with van der Waals surface area (Å²) in [5.74, 6) is 0. The summed E-state index contributed by atoms with van der Waals surface area (Å²) in [5, 5.41) is 17.2. The Balaban J connectivity index is 3.34. The normalized spacial score (nSPS) is 15.8. The molecule has 0 spiro atoms. The number of hydrogen-bond acceptors (Lipinski definition) is 4. The summed E-state index contributed by atoms with van der Waals surface area (Å²) in [6, 6.07) is 0. The fourth-order valence-electron chi connectivity index (χ4n) is 0.478. The zero-order valence-electron chi connectivity index (χ0n) is 5.43. The van der Waals surface area contributed by atoms with Crippen LogP contribution in [-0.2, 0) is 9.59 Å². The number of aliphatic hydroxyl groups excluding tert-OH is 2. The Kier molecular flexibility index (Phi) is 4.70. The van der Waals surface area contributed by atoms with Crippen molar-refractivity contribution in [1.29, 1.82) is 0 Å². The van der Waals surface area contributed by atoms with Gasteiger partial charge >= 0.3 is 0 Å². The van der Waals surface area contributed by atoms with Gasteiger partial charge in [0.25, 0.3) is 0 Å². The molecule has 0 aliphatic carbocycles. The summed E-state index contributed by atoms with van der Waals surface area (Å²) in [6.45, 7) is 0. The van der Waals surface area contributed by atoms with Crippen molar-refractivity contribution in [1.82, 2.24) is 0 Å². The van der Waals surface area contributed by atoms with E-state index in [0.29, 0.717) is 12.6 Å². The van der Waals surface area contributed by atoms with Gasteiger partial charge in [-0.15, -0.1) is 0 Å². The molecule has 4 nitrogen and oxygen atoms in total. The van der Waals surface area contributed by atoms with E-state index in [2.05, 4.69) is 0 Å². The van der Waals surface area contributed by atoms with Crippen molar-refractivity contribution in [2.24, 2.45) is 0 Å². The third kappa shape index (κ3) is 4.17. The molecule has 0 aliphatic rings. The lowest BCUT2D eigenvalue weighted by atomic mass is 10.1. The van der Waals surface area contributed by atoms with E-state index in [1.807, 2.05) is 0 Å². The predicted molar refractivity (Wildman–Crippen MR) is 33.4 cm³/mol. The molecule has 0 heterocycles. The molecule has 0 aliphatic heterocycles. The van der Waals surface area contributed by atoms with Gasteiger partial charge in [-0.3, -0.25) is 0 Å². The van der Waals surface area contributed by atoms with Crippen LogP contribution in [-0.4, -0.2) is 35.0 Å². The summed E-state index contributed by atoms with van der Waals surface area (Å²) in [6.07, 6.45) is -1.12. The second-order valence-electron chi connectivity index (χ2n) is 1.98. The number of carbonyl (C=O) groups excluding carboxylic acids is 2. The number of aliphatic hydroxyl groups is 2. The van der Waals surface area contributed by atoms with Gasteiger partial charge in [0.05, 0.1) is 0 Å². The molecular weight excluding hydrogens is 136 g/mol. The van der Waals surface area contributed by atoms with Crippen LogP contribution in [0.25, 0.3) is 0 Å². The summed E-state index contributed by atoms with van der Waals surface area (Å²) < 4.78 is 0. The highest BCUT2D eigenvalue weighted by Gasteiger charge is 2.05. The molecule has 0 radical (unpaired) electrons. The molecule has 58 valence electrons. The minimum Gasteiger partial charge on any atom is -0.386 e. The molecule has 0 bridgehead atoms. The Bertz CT molecular complexity index is 98.3. The Hall–Kier alpha value is -0.740. The maximum absolute atomic E-state index is 9.79. The van der Waals surface area contributed by atoms with Gasteiger partial charge in [-0.05, 0) is 12.8 Å². The summed E-state index contributed by atoms with van der Waals surface area (Å²) >= 11 is 0. The monoisotopic (exact) mass is 146 g/mol. The summed E-state index contributed by atoms with van der Waals surface area (Å²) in [4.78, 5) is 19.6. The van der Waals surface area contributed by atoms with Crippen LogP contribution >= 0.6 is 0 Å². The summed E-state index contributed by atoms with van der Waals surface area (Å²) in [5.41, 5.74) is 0. The zero-order valence-corrected chi connectivity index (χ0v) is 5.43. The predicted octanol–water partition coefficient (Wildman–Crippen LogP) is -1.11. The van der Waals surface area contributed by atoms with Gasteiger partial charge in [0.15, 0.2) is 0 Å². The topological polar surface area (TPSA) is 74.6 Å². The van der Waals surface area contributed by atoms with Crippen molar-refractivity contribution in [3.05, 3.63) is 0 Å². The first-order chi connectivity index (χ1) is 4.70. The average Bonchev–Trinajstić information content (AvgIpc) is 1.99. The average molecular weight is 146 g/mol. The molecule has 0 saturated carbocycles. The van der Waals surface area contributed by atoms with E-state index in [9.17, 15) is 9.59 Å². The van der Waals surface area contributed by atoms with Crippen molar-refractivity contribution in [3.8, 4) is 0 Å². The van der Waals surface area contributed by atoms with Crippen molar-refractivity contribution in [2.45, 2.75) is 25.0 Å². The van der Waals surface area contributed by atoms with Crippen LogP contribution in [0.2, 0.25) is 0 Å². The fraction of sp³-hybridized carbons (Fsp3) is 0.667. The van der Waals surface area contributed by atoms with Crippen LogP contribution < -0.4 is 0 Å². The number of rotatable bonds is 5. The van der Waals surface area contributed by atoms with Gasteiger partial charge in [-0.2, -0.15) is 0 Å². The van der Waals surface area contributed by atoms with E-state index in [0.717, 1.165) is 0 Å². The standard InChI is InChI=1S/C6H10O4/c7-3-5(9)1-2-6(10)4-8/h3-6,9-10H,1-2H2. The third-order valence-electron chi connectivity index (χ3n) is 1.07. The summed E-state index contributed by atoms with van der Waals surface area (Å²) in [7, 11) is 0. The maximum atomic E-state index is 9.79. The van der Waals surface area contributed by atoms with Gasteiger partial charge in [-0.25, -0.2) is 0 Å². The Morgan fingerprint density at radius 3 is 1.50 bits per heavy atom. The molecule has 0 aromatic heterocycles. The number of hydrogen-bond donors (Lipinski definition) is 2. The van der Waals surface area contributed by atoms with E-state index >= 15 is 0 Å². The molecule has 2 unspecified atom stereocenters. The van der Waals surface area contributed by atoms with Gasteiger partial charge in [0.2, 0.25) is 0 Å². The van der Waals surface area contributed by atoms with Crippen LogP contribution in [0.4, 0.5) is 0 Å². The van der Waals surface area contributed by atoms with Crippen LogP contribution in [0, 0.1) is 0 Å². The first-order valence-corrected chi connectivity index (χ1v) is 2.97. The van der Waals surface area contributed by atoms with Crippen molar-refractivity contribution in [2.75, 3.05) is 0 Å². The highest BCUT2D eigenvalue weighted by molar-refractivity contribution is 5.57. The van der Waals surface area contributed by atoms with Crippen LogP contribution in [0.1, 0.15) is 12.8 Å². The lowest BCUT2D eigenvalue weighted by Crippen LogP contribution is -2.14. The van der Waals surface area contributed by atoms with E-state index in [1.165, 1.54) is 0 Å². The molecule has 0 saturated heterocycles. The number of aldehydes is 2. The molecule has 0 aromatic rings. The molecule has 0 rings (SSSR count). The molecular formula is C6H10O4. The van der Waals surface area contributed by atoms with E-state index in [-0.39, 0.29) is 12.8 Å². The van der Waals surface area contributed by atoms with Crippen LogP contribution in [0.3, 0.4) is 0 Å². The molecule has 0 aromatic carbocycles. The fourth-order valence-corrected chi connectivity index (χ4v) is 0.478. The minimum absolute atomic E-state index is 0.128. The highest BCUT2D eigenvalue weighted by Crippen LogP contribution is 1.97. The second-order valence-corrected chi connectivity index (χ2v) is 1.98. The third-order valence-corrected chi connectivity index (χ3v) is 1.07. The first-order valence-electron chi connectivity index (χ1n) is 2.97. The van der Waals surface area contributed by atoms with Gasteiger partial charge in [0, 0.05) is 0 Å². The first kappa shape index (κ1) is 9.26. The molecule has 2 N–H and O–H groups in total. The quantitative estimate of drug-likeness (QED) is 0.482. The molecule has 2 atom stereocenters. The zero-order chi connectivity index (χ0) is 7.98. The minimum atomic E-state index is -1.06. The highest BCUT2D eigenvalue weighted by atomic mass is 16.3. The van der Waals surface area contributed by atoms with Crippen molar-refractivity contribution >= 4 is 12.6 Å². The van der Waals surface area contributed by atoms with E-state index < -0.39 is 12.2 Å². The molecule has 4 heteroatoms. The van der Waals surface area contributed by atoms with Crippen LogP contribution in [0.5, 0.6) is 0 Å². The number of carbonyl (C=O) groups is 2. The second kappa shape index (κ2) is 5.08. The SMILES string of the molecule is O=CC(O)CCC(O)C=O. The molecule has 0 fully saturated rings. The van der Waals surface area contributed by atoms with Gasteiger partial charge in [0.1, 0.15) is 24.8 Å². The smallest absolute Gasteiger partial charge is 0.148 e. The molecule has 10 heavy (non-hydrogen) atoms. The van der Waals surface area contributed by atoms with Crippen LogP contribution in [0.15, 0.2) is 0 Å². The van der Waals surface area contributed by atoms with Gasteiger partial charge < -0.3 is 19.8 Å². The van der Waals surface area contributed by atoms with Crippen molar-refractivity contribution in [3.63, 3.8) is 0 Å². The Morgan fingerprint density at radius 2 is 1.30 bits per heavy atom. The molecule has 0 amide bonds. The van der Waals surface area contributed by atoms with E-state index in [4.69, 9.17) is 10.2 Å². The van der Waals surface area contributed by atoms with Gasteiger partial charge in [-0.1, -0.05) is 0 Å². The largest absolute Gasteiger partial charge is 0.386 e. The van der Waals surface area contributed by atoms with Crippen molar-refractivity contribution < 1.29 is 19.8 Å². The van der Waals surface area contributed by atoms with E-state index in [1.54, 1.807) is 0 Å².